The van der Waals surface area contributed by atoms with Crippen LogP contribution in [-0.2, 0) is 10.0 Å². The van der Waals surface area contributed by atoms with E-state index in [1.807, 2.05) is 6.07 Å². The fourth-order valence-corrected chi connectivity index (χ4v) is 4.67. The average molecular weight is 291 g/mol. The minimum atomic E-state index is -3.48. The molecule has 5 nitrogen and oxygen atoms in total. The molecule has 2 aliphatic heterocycles. The molecule has 0 saturated carbocycles. The number of nitriles is 1. The summed E-state index contributed by atoms with van der Waals surface area (Å²) >= 11 is 0. The van der Waals surface area contributed by atoms with Crippen LogP contribution >= 0.6 is 0 Å². The van der Waals surface area contributed by atoms with E-state index in [-0.39, 0.29) is 4.90 Å². The molecule has 2 atom stereocenters. The molecule has 0 spiro atoms. The smallest absolute Gasteiger partial charge is 0.243 e. The Labute approximate surface area is 119 Å². The lowest BCUT2D eigenvalue weighted by Crippen LogP contribution is -2.46. The van der Waals surface area contributed by atoms with Crippen molar-refractivity contribution in [3.05, 3.63) is 29.8 Å². The molecule has 2 aliphatic rings. The fourth-order valence-electron chi connectivity index (χ4n) is 3.11. The molecule has 2 unspecified atom stereocenters. The van der Waals surface area contributed by atoms with E-state index >= 15 is 0 Å². The number of hydrogen-bond donors (Lipinski definition) is 1. The van der Waals surface area contributed by atoms with Gasteiger partial charge in [0.05, 0.1) is 16.5 Å². The van der Waals surface area contributed by atoms with Gasteiger partial charge in [0.15, 0.2) is 0 Å². The van der Waals surface area contributed by atoms with Crippen molar-refractivity contribution in [3.8, 4) is 6.07 Å². The molecular weight excluding hydrogens is 274 g/mol. The van der Waals surface area contributed by atoms with E-state index in [2.05, 4.69) is 5.32 Å². The van der Waals surface area contributed by atoms with Gasteiger partial charge < -0.3 is 5.32 Å². The minimum Gasteiger partial charge on any atom is -0.314 e. The van der Waals surface area contributed by atoms with Crippen LogP contribution in [0.1, 0.15) is 18.4 Å². The summed E-state index contributed by atoms with van der Waals surface area (Å²) in [6.07, 6.45) is 1.90. The molecule has 2 fully saturated rings. The second kappa shape index (κ2) is 5.17. The Morgan fingerprint density at radius 2 is 2.20 bits per heavy atom. The predicted octanol–water partition coefficient (Wildman–Crippen LogP) is 0.931. The summed E-state index contributed by atoms with van der Waals surface area (Å²) in [7, 11) is -3.48. The standard InChI is InChI=1S/C14H17N3O2S/c15-9-11-2-1-3-13(8-11)20(18,19)17-7-5-14-12(10-17)4-6-16-14/h1-3,8,12,14,16H,4-7,10H2. The number of nitrogens with one attached hydrogen (secondary N) is 1. The average Bonchev–Trinajstić information content (AvgIpc) is 2.94. The molecule has 6 heteroatoms. The second-order valence-electron chi connectivity index (χ2n) is 5.40. The Balaban J connectivity index is 1.86. The first kappa shape index (κ1) is 13.6. The van der Waals surface area contributed by atoms with Crippen molar-refractivity contribution in [2.45, 2.75) is 23.8 Å². The highest BCUT2D eigenvalue weighted by atomic mass is 32.2. The molecule has 0 aromatic heterocycles. The van der Waals surface area contributed by atoms with Gasteiger partial charge in [0, 0.05) is 19.1 Å². The van der Waals surface area contributed by atoms with Crippen LogP contribution in [0.25, 0.3) is 0 Å². The maximum atomic E-state index is 12.6. The third kappa shape index (κ3) is 2.33. The van der Waals surface area contributed by atoms with Crippen molar-refractivity contribution in [3.63, 3.8) is 0 Å². The number of nitrogens with zero attached hydrogens (tertiary/aromatic N) is 2. The first-order valence-electron chi connectivity index (χ1n) is 6.85. The highest BCUT2D eigenvalue weighted by Crippen LogP contribution is 2.28. The van der Waals surface area contributed by atoms with Crippen LogP contribution in [0, 0.1) is 17.2 Å². The number of hydrogen-bond acceptors (Lipinski definition) is 4. The zero-order chi connectivity index (χ0) is 14.2. The van der Waals surface area contributed by atoms with E-state index in [9.17, 15) is 8.42 Å². The third-order valence-electron chi connectivity index (χ3n) is 4.22. The summed E-state index contributed by atoms with van der Waals surface area (Å²) in [5, 5.41) is 12.3. The lowest BCUT2D eigenvalue weighted by molar-refractivity contribution is 0.247. The van der Waals surface area contributed by atoms with Gasteiger partial charge in [0.2, 0.25) is 10.0 Å². The molecule has 20 heavy (non-hydrogen) atoms. The Kier molecular flexibility index (Phi) is 3.50. The lowest BCUT2D eigenvalue weighted by atomic mass is 9.95. The quantitative estimate of drug-likeness (QED) is 0.880. The van der Waals surface area contributed by atoms with Gasteiger partial charge in [0.25, 0.3) is 0 Å². The topological polar surface area (TPSA) is 73.2 Å². The van der Waals surface area contributed by atoms with Crippen molar-refractivity contribution in [1.29, 1.82) is 5.26 Å². The first-order valence-corrected chi connectivity index (χ1v) is 8.29. The number of benzene rings is 1. The summed E-state index contributed by atoms with van der Waals surface area (Å²) in [6.45, 7) is 2.11. The van der Waals surface area contributed by atoms with Crippen LogP contribution in [0.5, 0.6) is 0 Å². The predicted molar refractivity (Wildman–Crippen MR) is 74.4 cm³/mol. The molecule has 0 bridgehead atoms. The summed E-state index contributed by atoms with van der Waals surface area (Å²) in [5.74, 6) is 0.415. The summed E-state index contributed by atoms with van der Waals surface area (Å²) < 4.78 is 26.8. The molecule has 2 heterocycles. The molecule has 0 aliphatic carbocycles. The molecule has 1 N–H and O–H groups in total. The molecule has 1 aromatic carbocycles. The van der Waals surface area contributed by atoms with Gasteiger partial charge in [-0.2, -0.15) is 9.57 Å². The molecule has 3 rings (SSSR count). The van der Waals surface area contributed by atoms with Gasteiger partial charge >= 0.3 is 0 Å². The van der Waals surface area contributed by atoms with Gasteiger partial charge in [-0.15, -0.1) is 0 Å². The van der Waals surface area contributed by atoms with Crippen molar-refractivity contribution in [1.82, 2.24) is 9.62 Å². The number of sulfonamides is 1. The number of piperidine rings is 1. The van der Waals surface area contributed by atoms with Crippen molar-refractivity contribution in [2.75, 3.05) is 19.6 Å². The van der Waals surface area contributed by atoms with E-state index in [1.54, 1.807) is 22.5 Å². The monoisotopic (exact) mass is 291 g/mol. The SMILES string of the molecule is N#Cc1cccc(S(=O)(=O)N2CCC3NCCC3C2)c1. The molecule has 2 saturated heterocycles. The van der Waals surface area contributed by atoms with Crippen LogP contribution in [0.2, 0.25) is 0 Å². The van der Waals surface area contributed by atoms with Crippen LogP contribution in [0.15, 0.2) is 29.2 Å². The molecular formula is C14H17N3O2S. The Morgan fingerprint density at radius 3 is 3.00 bits per heavy atom. The summed E-state index contributed by atoms with van der Waals surface area (Å²) in [4.78, 5) is 0.223. The molecule has 0 amide bonds. The maximum absolute atomic E-state index is 12.6. The lowest BCUT2D eigenvalue weighted by Gasteiger charge is -2.34. The number of fused-ring (bicyclic) bond motifs is 1. The zero-order valence-corrected chi connectivity index (χ0v) is 11.9. The van der Waals surface area contributed by atoms with Crippen molar-refractivity contribution >= 4 is 10.0 Å². The van der Waals surface area contributed by atoms with Gasteiger partial charge in [-0.05, 0) is 43.5 Å². The largest absolute Gasteiger partial charge is 0.314 e. The van der Waals surface area contributed by atoms with Crippen LogP contribution < -0.4 is 5.32 Å². The van der Waals surface area contributed by atoms with Gasteiger partial charge in [0.1, 0.15) is 0 Å². The van der Waals surface area contributed by atoms with Crippen molar-refractivity contribution in [2.24, 2.45) is 5.92 Å². The highest BCUT2D eigenvalue weighted by Gasteiger charge is 2.37. The van der Waals surface area contributed by atoms with Crippen LogP contribution in [0.4, 0.5) is 0 Å². The fraction of sp³-hybridized carbons (Fsp3) is 0.500. The van der Waals surface area contributed by atoms with Gasteiger partial charge in [-0.25, -0.2) is 8.42 Å². The van der Waals surface area contributed by atoms with E-state index in [4.69, 9.17) is 5.26 Å². The number of rotatable bonds is 2. The van der Waals surface area contributed by atoms with Crippen LogP contribution in [0.3, 0.4) is 0 Å². The highest BCUT2D eigenvalue weighted by molar-refractivity contribution is 7.89. The second-order valence-corrected chi connectivity index (χ2v) is 7.34. The van der Waals surface area contributed by atoms with E-state index < -0.39 is 10.0 Å². The maximum Gasteiger partial charge on any atom is 0.243 e. The summed E-state index contributed by atoms with van der Waals surface area (Å²) in [6, 6.07) is 8.71. The van der Waals surface area contributed by atoms with E-state index in [1.165, 1.54) is 6.07 Å². The normalized spacial score (nSPS) is 26.9. The molecule has 0 radical (unpaired) electrons. The Hall–Kier alpha value is -1.42. The summed E-state index contributed by atoms with van der Waals surface area (Å²) in [5.41, 5.74) is 0.378. The molecule has 106 valence electrons. The van der Waals surface area contributed by atoms with Crippen molar-refractivity contribution < 1.29 is 8.42 Å². The Morgan fingerprint density at radius 1 is 1.35 bits per heavy atom. The minimum absolute atomic E-state index is 0.223. The van der Waals surface area contributed by atoms with E-state index in [0.717, 1.165) is 19.4 Å². The third-order valence-corrected chi connectivity index (χ3v) is 6.08. The van der Waals surface area contributed by atoms with E-state index in [0.29, 0.717) is 30.6 Å². The molecule has 1 aromatic rings. The Bertz CT molecular complexity index is 651. The zero-order valence-electron chi connectivity index (χ0n) is 11.1. The first-order chi connectivity index (χ1) is 9.61. The van der Waals surface area contributed by atoms with Gasteiger partial charge in [-0.3, -0.25) is 0 Å². The van der Waals surface area contributed by atoms with Gasteiger partial charge in [-0.1, -0.05) is 6.07 Å². The van der Waals surface area contributed by atoms with Crippen LogP contribution in [-0.4, -0.2) is 38.4 Å².